The van der Waals surface area contributed by atoms with Crippen LogP contribution in [0.3, 0.4) is 0 Å². The van der Waals surface area contributed by atoms with Crippen LogP contribution in [0.15, 0.2) is 39.9 Å². The lowest BCUT2D eigenvalue weighted by atomic mass is 10.1. The van der Waals surface area contributed by atoms with Gasteiger partial charge in [0.1, 0.15) is 6.26 Å². The van der Waals surface area contributed by atoms with Crippen LogP contribution in [-0.4, -0.2) is 24.5 Å². The van der Waals surface area contributed by atoms with E-state index in [4.69, 9.17) is 4.42 Å². The minimum atomic E-state index is 0. The first-order chi connectivity index (χ1) is 11.2. The Kier molecular flexibility index (Phi) is 7.08. The molecule has 0 radical (unpaired) electrons. The molecule has 0 amide bonds. The highest BCUT2D eigenvalue weighted by atomic mass is 127. The number of rotatable bonds is 6. The number of hydrogen-bond acceptors (Lipinski definition) is 3. The van der Waals surface area contributed by atoms with Gasteiger partial charge >= 0.3 is 0 Å². The average molecular weight is 440 g/mol. The summed E-state index contributed by atoms with van der Waals surface area (Å²) in [6.45, 7) is 3.63. The minimum Gasteiger partial charge on any atom is -0.444 e. The van der Waals surface area contributed by atoms with Gasteiger partial charge in [-0.15, -0.1) is 24.0 Å². The number of aryl methyl sites for hydroxylation is 1. The lowest BCUT2D eigenvalue weighted by Gasteiger charge is -2.10. The Balaban J connectivity index is 0.00000208. The minimum absolute atomic E-state index is 0. The van der Waals surface area contributed by atoms with Crippen molar-refractivity contribution in [1.82, 2.24) is 15.6 Å². The van der Waals surface area contributed by atoms with Gasteiger partial charge in [-0.3, -0.25) is 4.99 Å². The van der Waals surface area contributed by atoms with Crippen LogP contribution in [-0.2, 0) is 6.54 Å². The summed E-state index contributed by atoms with van der Waals surface area (Å²) in [4.78, 5) is 8.75. The van der Waals surface area contributed by atoms with Gasteiger partial charge < -0.3 is 15.1 Å². The van der Waals surface area contributed by atoms with Gasteiger partial charge in [0.15, 0.2) is 5.96 Å². The van der Waals surface area contributed by atoms with E-state index in [1.807, 2.05) is 12.1 Å². The van der Waals surface area contributed by atoms with E-state index >= 15 is 0 Å². The van der Waals surface area contributed by atoms with Crippen LogP contribution in [0.4, 0.5) is 0 Å². The summed E-state index contributed by atoms with van der Waals surface area (Å²) < 4.78 is 5.57. The van der Waals surface area contributed by atoms with E-state index in [0.29, 0.717) is 12.4 Å². The standard InChI is InChI=1S/C18H24N4O.HI/c1-13-3-7-15(8-4-13)17-22-16(12-23-17)11-21-18(19-2)20-10-9-14-5-6-14;/h3-4,7-8,12,14H,5-6,9-11H2,1-2H3,(H2,19,20,21);1H. The fourth-order valence-corrected chi connectivity index (χ4v) is 2.41. The summed E-state index contributed by atoms with van der Waals surface area (Å²) in [7, 11) is 1.78. The Hall–Kier alpha value is -1.57. The van der Waals surface area contributed by atoms with Crippen molar-refractivity contribution in [1.29, 1.82) is 0 Å². The number of aromatic nitrogens is 1. The third-order valence-corrected chi connectivity index (χ3v) is 4.05. The molecule has 0 saturated heterocycles. The molecule has 3 rings (SSSR count). The molecule has 1 aromatic carbocycles. The van der Waals surface area contributed by atoms with Gasteiger partial charge in [0.05, 0.1) is 12.2 Å². The first-order valence-electron chi connectivity index (χ1n) is 8.20. The second-order valence-corrected chi connectivity index (χ2v) is 6.09. The molecule has 24 heavy (non-hydrogen) atoms. The topological polar surface area (TPSA) is 62.5 Å². The molecular weight excluding hydrogens is 415 g/mol. The maximum Gasteiger partial charge on any atom is 0.226 e. The van der Waals surface area contributed by atoms with Crippen molar-refractivity contribution < 1.29 is 4.42 Å². The first kappa shape index (κ1) is 18.8. The summed E-state index contributed by atoms with van der Waals surface area (Å²) in [5.41, 5.74) is 3.09. The van der Waals surface area contributed by atoms with E-state index in [-0.39, 0.29) is 24.0 Å². The quantitative estimate of drug-likeness (QED) is 0.408. The molecule has 0 spiro atoms. The van der Waals surface area contributed by atoms with Crippen molar-refractivity contribution in [3.8, 4) is 11.5 Å². The number of halogens is 1. The summed E-state index contributed by atoms with van der Waals surface area (Å²) in [6.07, 6.45) is 5.69. The smallest absolute Gasteiger partial charge is 0.226 e. The number of hydrogen-bond donors (Lipinski definition) is 2. The molecule has 1 aliphatic carbocycles. The van der Waals surface area contributed by atoms with E-state index in [0.717, 1.165) is 29.7 Å². The van der Waals surface area contributed by atoms with Gasteiger partial charge in [-0.2, -0.15) is 0 Å². The van der Waals surface area contributed by atoms with Crippen molar-refractivity contribution in [2.45, 2.75) is 32.7 Å². The van der Waals surface area contributed by atoms with Gasteiger partial charge in [-0.05, 0) is 31.4 Å². The molecule has 0 aliphatic heterocycles. The number of oxazole rings is 1. The van der Waals surface area contributed by atoms with Gasteiger partial charge in [-0.25, -0.2) is 4.98 Å². The Labute approximate surface area is 160 Å². The third kappa shape index (κ3) is 5.51. The van der Waals surface area contributed by atoms with Crippen molar-refractivity contribution in [3.63, 3.8) is 0 Å². The van der Waals surface area contributed by atoms with E-state index in [2.05, 4.69) is 39.7 Å². The third-order valence-electron chi connectivity index (χ3n) is 4.05. The van der Waals surface area contributed by atoms with Crippen LogP contribution in [0.2, 0.25) is 0 Å². The molecule has 1 saturated carbocycles. The molecule has 1 heterocycles. The Morgan fingerprint density at radius 3 is 2.67 bits per heavy atom. The number of aliphatic imine (C=N–C) groups is 1. The maximum absolute atomic E-state index is 5.57. The first-order valence-corrected chi connectivity index (χ1v) is 8.20. The number of benzene rings is 1. The van der Waals surface area contributed by atoms with Crippen LogP contribution in [0.1, 0.15) is 30.5 Å². The molecule has 1 aromatic heterocycles. The molecule has 0 unspecified atom stereocenters. The van der Waals surface area contributed by atoms with E-state index in [1.165, 1.54) is 24.8 Å². The van der Waals surface area contributed by atoms with Crippen LogP contribution in [0.5, 0.6) is 0 Å². The summed E-state index contributed by atoms with van der Waals surface area (Å²) in [5, 5.41) is 6.61. The van der Waals surface area contributed by atoms with Crippen LogP contribution in [0.25, 0.3) is 11.5 Å². The number of nitrogens with one attached hydrogen (secondary N) is 2. The van der Waals surface area contributed by atoms with E-state index in [9.17, 15) is 0 Å². The molecule has 1 aliphatic rings. The predicted octanol–water partition coefficient (Wildman–Crippen LogP) is 3.73. The molecule has 130 valence electrons. The molecule has 2 aromatic rings. The van der Waals surface area contributed by atoms with E-state index in [1.54, 1.807) is 13.3 Å². The fraction of sp³-hybridized carbons (Fsp3) is 0.444. The average Bonchev–Trinajstić information content (AvgIpc) is 3.27. The zero-order valence-electron chi connectivity index (χ0n) is 14.2. The van der Waals surface area contributed by atoms with E-state index < -0.39 is 0 Å². The Bertz CT molecular complexity index is 662. The van der Waals surface area contributed by atoms with Gasteiger partial charge in [0.2, 0.25) is 5.89 Å². The largest absolute Gasteiger partial charge is 0.444 e. The summed E-state index contributed by atoms with van der Waals surface area (Å²) in [6, 6.07) is 8.17. The van der Waals surface area contributed by atoms with Gasteiger partial charge in [0, 0.05) is 19.2 Å². The Morgan fingerprint density at radius 1 is 1.25 bits per heavy atom. The number of guanidine groups is 1. The lowest BCUT2D eigenvalue weighted by molar-refractivity contribution is 0.572. The molecular formula is C18H25IN4O. The second-order valence-electron chi connectivity index (χ2n) is 6.09. The molecule has 2 N–H and O–H groups in total. The maximum atomic E-state index is 5.57. The van der Waals surface area contributed by atoms with Crippen molar-refractivity contribution in [3.05, 3.63) is 41.8 Å². The van der Waals surface area contributed by atoms with Gasteiger partial charge in [-0.1, -0.05) is 30.5 Å². The SMILES string of the molecule is CN=C(NCCC1CC1)NCc1coc(-c2ccc(C)cc2)n1.I. The molecule has 0 atom stereocenters. The second kappa shape index (κ2) is 9.05. The summed E-state index contributed by atoms with van der Waals surface area (Å²) in [5.74, 6) is 2.39. The highest BCUT2D eigenvalue weighted by Crippen LogP contribution is 2.31. The molecule has 0 bridgehead atoms. The van der Waals surface area contributed by atoms with Crippen molar-refractivity contribution in [2.24, 2.45) is 10.9 Å². The lowest BCUT2D eigenvalue weighted by Crippen LogP contribution is -2.37. The monoisotopic (exact) mass is 440 g/mol. The predicted molar refractivity (Wildman–Crippen MR) is 108 cm³/mol. The van der Waals surface area contributed by atoms with Crippen molar-refractivity contribution in [2.75, 3.05) is 13.6 Å². The van der Waals surface area contributed by atoms with Crippen molar-refractivity contribution >= 4 is 29.9 Å². The zero-order chi connectivity index (χ0) is 16.1. The summed E-state index contributed by atoms with van der Waals surface area (Å²) >= 11 is 0. The Morgan fingerprint density at radius 2 is 2.00 bits per heavy atom. The normalized spacial score (nSPS) is 14.2. The van der Waals surface area contributed by atoms with Crippen LogP contribution < -0.4 is 10.6 Å². The van der Waals surface area contributed by atoms with Crippen LogP contribution >= 0.6 is 24.0 Å². The molecule has 6 heteroatoms. The zero-order valence-corrected chi connectivity index (χ0v) is 16.5. The van der Waals surface area contributed by atoms with Crippen LogP contribution in [0, 0.1) is 12.8 Å². The molecule has 5 nitrogen and oxygen atoms in total. The van der Waals surface area contributed by atoms with Gasteiger partial charge in [0.25, 0.3) is 0 Å². The fourth-order valence-electron chi connectivity index (χ4n) is 2.41. The highest BCUT2D eigenvalue weighted by molar-refractivity contribution is 14.0. The number of nitrogens with zero attached hydrogens (tertiary/aromatic N) is 2. The highest BCUT2D eigenvalue weighted by Gasteiger charge is 2.20. The molecule has 1 fully saturated rings.